The summed E-state index contributed by atoms with van der Waals surface area (Å²) in [7, 11) is 0. The number of rotatable bonds is 3. The van der Waals surface area contributed by atoms with Crippen LogP contribution in [0.25, 0.3) is 6.08 Å². The van der Waals surface area contributed by atoms with Gasteiger partial charge in [-0.3, -0.25) is 15.0 Å². The molecule has 0 bridgehead atoms. The first-order valence-electron chi connectivity index (χ1n) is 6.23. The highest BCUT2D eigenvalue weighted by Crippen LogP contribution is 2.33. The molecule has 2 amide bonds. The molecule has 0 spiro atoms. The number of nitrogens with one attached hydrogen (secondary N) is 1. The third-order valence-electron chi connectivity index (χ3n) is 2.92. The summed E-state index contributed by atoms with van der Waals surface area (Å²) in [5, 5.41) is 4.91. The second-order valence-electron chi connectivity index (χ2n) is 4.40. The van der Waals surface area contributed by atoms with E-state index in [1.165, 1.54) is 23.1 Å². The quantitative estimate of drug-likeness (QED) is 0.665. The fourth-order valence-corrected chi connectivity index (χ4v) is 4.49. The molecule has 3 rings (SSSR count). The third kappa shape index (κ3) is 3.00. The molecule has 1 fully saturated rings. The summed E-state index contributed by atoms with van der Waals surface area (Å²) < 4.78 is 0.329. The van der Waals surface area contributed by atoms with Crippen molar-refractivity contribution in [1.29, 1.82) is 0 Å². The van der Waals surface area contributed by atoms with E-state index in [-0.39, 0.29) is 11.8 Å². The lowest BCUT2D eigenvalue weighted by atomic mass is 10.3. The molecular formula is C14H10N2O2S4. The average Bonchev–Trinajstić information content (AvgIpc) is 3.19. The molecule has 0 atom stereocenters. The van der Waals surface area contributed by atoms with Crippen LogP contribution in [0.5, 0.6) is 0 Å². The number of aryl methyl sites for hydroxylation is 1. The van der Waals surface area contributed by atoms with Gasteiger partial charge in [0.1, 0.15) is 0 Å². The molecule has 1 aliphatic heterocycles. The van der Waals surface area contributed by atoms with E-state index < -0.39 is 0 Å². The van der Waals surface area contributed by atoms with Crippen LogP contribution in [0.15, 0.2) is 33.9 Å². The van der Waals surface area contributed by atoms with Crippen molar-refractivity contribution in [3.8, 4) is 0 Å². The first kappa shape index (κ1) is 15.4. The van der Waals surface area contributed by atoms with Gasteiger partial charge in [-0.25, -0.2) is 0 Å². The third-order valence-corrected chi connectivity index (χ3v) is 6.05. The Kier molecular flexibility index (Phi) is 4.44. The van der Waals surface area contributed by atoms with E-state index in [9.17, 15) is 9.59 Å². The van der Waals surface area contributed by atoms with Gasteiger partial charge < -0.3 is 0 Å². The summed E-state index contributed by atoms with van der Waals surface area (Å²) >= 11 is 9.26. The number of carbonyl (C=O) groups is 2. The van der Waals surface area contributed by atoms with E-state index in [1.807, 2.05) is 24.4 Å². The molecule has 0 unspecified atom stereocenters. The van der Waals surface area contributed by atoms with Crippen molar-refractivity contribution < 1.29 is 9.59 Å². The summed E-state index contributed by atoms with van der Waals surface area (Å²) in [6.07, 6.45) is 1.82. The lowest BCUT2D eigenvalue weighted by molar-refractivity contribution is -0.123. The van der Waals surface area contributed by atoms with Crippen LogP contribution in [0.4, 0.5) is 0 Å². The Morgan fingerprint density at radius 1 is 1.32 bits per heavy atom. The molecule has 3 heterocycles. The second-order valence-corrected chi connectivity index (χ2v) is 7.97. The largest absolute Gasteiger partial charge is 0.285 e. The number of hydrogen-bond acceptors (Lipinski definition) is 6. The Morgan fingerprint density at radius 2 is 2.14 bits per heavy atom. The first-order valence-corrected chi connectivity index (χ1v) is 9.21. The molecule has 0 aromatic carbocycles. The van der Waals surface area contributed by atoms with Crippen molar-refractivity contribution >= 4 is 68.9 Å². The molecular weight excluding hydrogens is 356 g/mol. The molecule has 22 heavy (non-hydrogen) atoms. The second kappa shape index (κ2) is 6.33. The molecule has 8 heteroatoms. The zero-order valence-corrected chi connectivity index (χ0v) is 14.6. The molecule has 1 saturated heterocycles. The van der Waals surface area contributed by atoms with Crippen LogP contribution in [0.3, 0.4) is 0 Å². The number of amides is 2. The minimum Gasteiger partial charge on any atom is -0.266 e. The molecule has 2 aromatic heterocycles. The molecule has 4 nitrogen and oxygen atoms in total. The SMILES string of the molecule is Cc1ccsc1C=C1SC(=S)N(NC(=O)c2cccs2)C1=O. The Labute approximate surface area is 144 Å². The van der Waals surface area contributed by atoms with E-state index >= 15 is 0 Å². The van der Waals surface area contributed by atoms with Crippen molar-refractivity contribution in [2.75, 3.05) is 0 Å². The fourth-order valence-electron chi connectivity index (χ4n) is 1.78. The normalized spacial score (nSPS) is 16.6. The van der Waals surface area contributed by atoms with Gasteiger partial charge in [-0.15, -0.1) is 22.7 Å². The molecule has 112 valence electrons. The Balaban J connectivity index is 1.79. The van der Waals surface area contributed by atoms with Gasteiger partial charge in [0.05, 0.1) is 9.78 Å². The van der Waals surface area contributed by atoms with Crippen molar-refractivity contribution in [3.05, 3.63) is 49.2 Å². The molecule has 0 saturated carbocycles. The summed E-state index contributed by atoms with van der Waals surface area (Å²) in [6, 6.07) is 5.47. The van der Waals surface area contributed by atoms with Gasteiger partial charge in [0.25, 0.3) is 11.8 Å². The maximum Gasteiger partial charge on any atom is 0.285 e. The minimum atomic E-state index is -0.333. The zero-order valence-electron chi connectivity index (χ0n) is 11.4. The first-order chi connectivity index (χ1) is 10.6. The van der Waals surface area contributed by atoms with Crippen LogP contribution >= 0.6 is 46.7 Å². The Bertz CT molecular complexity index is 777. The number of carbonyl (C=O) groups excluding carboxylic acids is 2. The topological polar surface area (TPSA) is 49.4 Å². The molecule has 0 aliphatic carbocycles. The predicted octanol–water partition coefficient (Wildman–Crippen LogP) is 3.66. The van der Waals surface area contributed by atoms with Crippen molar-refractivity contribution in [2.45, 2.75) is 6.92 Å². The number of hydrogen-bond donors (Lipinski definition) is 1. The number of thiocarbonyl (C=S) groups is 1. The van der Waals surface area contributed by atoms with Crippen molar-refractivity contribution in [2.24, 2.45) is 0 Å². The molecule has 1 aliphatic rings. The van der Waals surface area contributed by atoms with Gasteiger partial charge in [0, 0.05) is 4.88 Å². The van der Waals surface area contributed by atoms with Crippen LogP contribution in [0, 0.1) is 6.92 Å². The standard InChI is InChI=1S/C14H10N2O2S4/c1-8-4-6-21-10(8)7-11-13(18)16(14(19)22-11)15-12(17)9-3-2-5-20-9/h2-7H,1H3,(H,15,17). The van der Waals surface area contributed by atoms with E-state index in [0.717, 1.165) is 15.4 Å². The van der Waals surface area contributed by atoms with Gasteiger partial charge >= 0.3 is 0 Å². The number of thioether (sulfide) groups is 1. The summed E-state index contributed by atoms with van der Waals surface area (Å²) in [5.74, 6) is -0.632. The van der Waals surface area contributed by atoms with Crippen LogP contribution in [-0.2, 0) is 4.79 Å². The lowest BCUT2D eigenvalue weighted by Crippen LogP contribution is -2.44. The van der Waals surface area contributed by atoms with Crippen LogP contribution in [-0.4, -0.2) is 21.1 Å². The minimum absolute atomic E-state index is 0.298. The predicted molar refractivity (Wildman–Crippen MR) is 95.9 cm³/mol. The monoisotopic (exact) mass is 366 g/mol. The smallest absolute Gasteiger partial charge is 0.266 e. The van der Waals surface area contributed by atoms with E-state index in [4.69, 9.17) is 12.2 Å². The number of thiophene rings is 2. The fraction of sp³-hybridized carbons (Fsp3) is 0.0714. The maximum atomic E-state index is 12.4. The summed E-state index contributed by atoms with van der Waals surface area (Å²) in [5.41, 5.74) is 3.67. The highest BCUT2D eigenvalue weighted by molar-refractivity contribution is 8.26. The van der Waals surface area contributed by atoms with Gasteiger partial charge in [0.15, 0.2) is 4.32 Å². The van der Waals surface area contributed by atoms with E-state index in [1.54, 1.807) is 28.8 Å². The van der Waals surface area contributed by atoms with E-state index in [2.05, 4.69) is 5.43 Å². The highest BCUT2D eigenvalue weighted by Gasteiger charge is 2.34. The van der Waals surface area contributed by atoms with Crippen molar-refractivity contribution in [1.82, 2.24) is 10.4 Å². The molecule has 0 radical (unpaired) electrons. The number of hydrazine groups is 1. The maximum absolute atomic E-state index is 12.4. The van der Waals surface area contributed by atoms with Gasteiger partial charge in [-0.2, -0.15) is 5.01 Å². The Morgan fingerprint density at radius 3 is 2.77 bits per heavy atom. The zero-order chi connectivity index (χ0) is 15.7. The molecule has 2 aromatic rings. The molecule has 1 N–H and O–H groups in total. The van der Waals surface area contributed by atoms with Crippen LogP contribution in [0.1, 0.15) is 20.1 Å². The van der Waals surface area contributed by atoms with Crippen molar-refractivity contribution in [3.63, 3.8) is 0 Å². The van der Waals surface area contributed by atoms with Gasteiger partial charge in [0.2, 0.25) is 0 Å². The van der Waals surface area contributed by atoms with Crippen LogP contribution in [0.2, 0.25) is 0 Å². The Hall–Kier alpha value is -1.48. The van der Waals surface area contributed by atoms with Crippen LogP contribution < -0.4 is 5.43 Å². The average molecular weight is 367 g/mol. The highest BCUT2D eigenvalue weighted by atomic mass is 32.2. The van der Waals surface area contributed by atoms with Gasteiger partial charge in [-0.05, 0) is 53.7 Å². The lowest BCUT2D eigenvalue weighted by Gasteiger charge is -2.14. The summed E-state index contributed by atoms with van der Waals surface area (Å²) in [6.45, 7) is 1.99. The van der Waals surface area contributed by atoms with Gasteiger partial charge in [-0.1, -0.05) is 17.8 Å². The summed E-state index contributed by atoms with van der Waals surface area (Å²) in [4.78, 5) is 26.5. The number of nitrogens with zero attached hydrogens (tertiary/aromatic N) is 1. The van der Waals surface area contributed by atoms with E-state index in [0.29, 0.717) is 14.1 Å².